The van der Waals surface area contributed by atoms with Gasteiger partial charge in [0, 0.05) is 41.0 Å². The molecule has 0 aliphatic rings. The van der Waals surface area contributed by atoms with Crippen LogP contribution >= 0.6 is 12.0 Å². The zero-order chi connectivity index (χ0) is 32.1. The normalized spacial score (nSPS) is 11.7. The Morgan fingerprint density at radius 2 is 1.26 bits per heavy atom. The van der Waals surface area contributed by atoms with Crippen molar-refractivity contribution in [2.24, 2.45) is 0 Å². The van der Waals surface area contributed by atoms with Crippen LogP contribution in [0.1, 0.15) is 30.5 Å². The van der Waals surface area contributed by atoms with Gasteiger partial charge in [-0.25, -0.2) is 9.97 Å². The SMILES string of the molecule is CC.FC(F)(F)SOc1cc(-c2ccc3c4cnccc4n(C(c4ccccc4)(c4ccccc4)c4ccccc4)c3n2)ccn1. The number of halogens is 3. The number of fused-ring (bicyclic) bond motifs is 3. The zero-order valence-electron chi connectivity index (χ0n) is 25.0. The van der Waals surface area contributed by atoms with Gasteiger partial charge in [0.2, 0.25) is 5.88 Å². The fraction of sp³-hybridized carbons (Fsp3) is 0.108. The van der Waals surface area contributed by atoms with E-state index in [9.17, 15) is 13.2 Å². The molecule has 0 aliphatic heterocycles. The third-order valence-electron chi connectivity index (χ3n) is 7.58. The molecule has 4 heterocycles. The summed E-state index contributed by atoms with van der Waals surface area (Å²) in [5.41, 5.74) is 0.423. The van der Waals surface area contributed by atoms with Crippen LogP contribution < -0.4 is 4.18 Å². The summed E-state index contributed by atoms with van der Waals surface area (Å²) < 4.78 is 45.5. The molecule has 0 fully saturated rings. The molecular formula is C37H29F3N4OS. The van der Waals surface area contributed by atoms with E-state index < -0.39 is 23.1 Å². The monoisotopic (exact) mass is 634 g/mol. The zero-order valence-corrected chi connectivity index (χ0v) is 25.8. The molecule has 46 heavy (non-hydrogen) atoms. The summed E-state index contributed by atoms with van der Waals surface area (Å²) in [6, 6.07) is 39.9. The molecule has 7 aromatic rings. The molecule has 0 aliphatic carbocycles. The molecule has 9 heteroatoms. The van der Waals surface area contributed by atoms with Gasteiger partial charge in [-0.2, -0.15) is 13.2 Å². The molecule has 0 N–H and O–H groups in total. The van der Waals surface area contributed by atoms with Crippen LogP contribution in [0.4, 0.5) is 13.2 Å². The number of hydrogen-bond acceptors (Lipinski definition) is 5. The van der Waals surface area contributed by atoms with E-state index in [0.29, 0.717) is 16.9 Å². The molecule has 0 saturated carbocycles. The molecular weight excluding hydrogens is 605 g/mol. The van der Waals surface area contributed by atoms with Crippen LogP contribution in [-0.2, 0) is 5.54 Å². The third-order valence-corrected chi connectivity index (χ3v) is 8.02. The lowest BCUT2D eigenvalue weighted by Gasteiger charge is -2.38. The van der Waals surface area contributed by atoms with Gasteiger partial charge in [0.15, 0.2) is 12.0 Å². The first-order valence-corrected chi connectivity index (χ1v) is 15.5. The first kappa shape index (κ1) is 30.9. The highest BCUT2D eigenvalue weighted by Gasteiger charge is 2.41. The average Bonchev–Trinajstić information content (AvgIpc) is 3.44. The topological polar surface area (TPSA) is 52.8 Å². The van der Waals surface area contributed by atoms with Crippen molar-refractivity contribution >= 4 is 34.0 Å². The lowest BCUT2D eigenvalue weighted by Crippen LogP contribution is -2.37. The number of aromatic nitrogens is 4. The standard InChI is InChI=1S/C35H23F3N4OS.C2H6/c36-35(37,38)44-43-32-22-24(18-21-40-32)30-17-16-28-29-23-39-20-19-31(29)42(33(28)41-30)34(25-10-4-1-5-11-25,26-12-6-2-7-13-26)27-14-8-3-9-15-27;1-2/h1-23H;1-2H3. The van der Waals surface area contributed by atoms with Crippen LogP contribution in [-0.4, -0.2) is 25.0 Å². The Morgan fingerprint density at radius 3 is 1.83 bits per heavy atom. The first-order chi connectivity index (χ1) is 22.4. The largest absolute Gasteiger partial charge is 0.479 e. The van der Waals surface area contributed by atoms with Crippen LogP contribution in [0.2, 0.25) is 0 Å². The lowest BCUT2D eigenvalue weighted by atomic mass is 9.76. The molecule has 0 atom stereocenters. The van der Waals surface area contributed by atoms with Crippen molar-refractivity contribution in [3.8, 4) is 17.1 Å². The molecule has 230 valence electrons. The molecule has 0 bridgehead atoms. The molecule has 4 aromatic heterocycles. The van der Waals surface area contributed by atoms with Crippen LogP contribution in [0.25, 0.3) is 33.2 Å². The quantitative estimate of drug-likeness (QED) is 0.129. The second kappa shape index (κ2) is 13.1. The molecule has 5 nitrogen and oxygen atoms in total. The molecule has 0 amide bonds. The highest BCUT2D eigenvalue weighted by molar-refractivity contribution is 7.95. The minimum absolute atomic E-state index is 0.163. The summed E-state index contributed by atoms with van der Waals surface area (Å²) in [5, 5.41) is 1.82. The number of pyridine rings is 3. The number of rotatable bonds is 7. The van der Waals surface area contributed by atoms with Crippen molar-refractivity contribution in [1.82, 2.24) is 19.5 Å². The van der Waals surface area contributed by atoms with Gasteiger partial charge in [0.25, 0.3) is 0 Å². The Bertz CT molecular complexity index is 1970. The highest BCUT2D eigenvalue weighted by Crippen LogP contribution is 2.46. The first-order valence-electron chi connectivity index (χ1n) is 14.8. The third kappa shape index (κ3) is 5.70. The van der Waals surface area contributed by atoms with E-state index in [4.69, 9.17) is 9.17 Å². The molecule has 3 aromatic carbocycles. The van der Waals surface area contributed by atoms with E-state index in [1.165, 1.54) is 12.3 Å². The lowest BCUT2D eigenvalue weighted by molar-refractivity contribution is -0.0370. The van der Waals surface area contributed by atoms with E-state index in [1.54, 1.807) is 12.3 Å². The summed E-state index contributed by atoms with van der Waals surface area (Å²) in [5.74, 6) is -0.163. The van der Waals surface area contributed by atoms with Gasteiger partial charge in [-0.3, -0.25) is 4.98 Å². The van der Waals surface area contributed by atoms with Crippen LogP contribution in [0.3, 0.4) is 0 Å². The maximum absolute atomic E-state index is 12.8. The Kier molecular flexibility index (Phi) is 8.76. The van der Waals surface area contributed by atoms with Gasteiger partial charge in [-0.1, -0.05) is 105 Å². The molecule has 7 rings (SSSR count). The second-order valence-corrected chi connectivity index (χ2v) is 10.9. The highest BCUT2D eigenvalue weighted by atomic mass is 32.2. The van der Waals surface area contributed by atoms with Crippen LogP contribution in [0.15, 0.2) is 140 Å². The minimum Gasteiger partial charge on any atom is -0.397 e. The maximum Gasteiger partial charge on any atom is 0.479 e. The molecule has 0 radical (unpaired) electrons. The van der Waals surface area contributed by atoms with Crippen molar-refractivity contribution in [2.45, 2.75) is 24.9 Å². The summed E-state index contributed by atoms with van der Waals surface area (Å²) >= 11 is -0.599. The summed E-state index contributed by atoms with van der Waals surface area (Å²) in [7, 11) is 0. The van der Waals surface area contributed by atoms with Crippen LogP contribution in [0, 0.1) is 0 Å². The Balaban J connectivity index is 0.00000182. The predicted octanol–water partition coefficient (Wildman–Crippen LogP) is 10.1. The van der Waals surface area contributed by atoms with Gasteiger partial charge < -0.3 is 8.75 Å². The van der Waals surface area contributed by atoms with Crippen molar-refractivity contribution in [3.63, 3.8) is 0 Å². The fourth-order valence-corrected chi connectivity index (χ4v) is 6.13. The van der Waals surface area contributed by atoms with E-state index in [2.05, 4.69) is 50.9 Å². The number of hydrogen-bond donors (Lipinski definition) is 0. The fourth-order valence-electron chi connectivity index (χ4n) is 5.86. The van der Waals surface area contributed by atoms with E-state index >= 15 is 0 Å². The molecule has 0 saturated heterocycles. The number of nitrogens with zero attached hydrogens (tertiary/aromatic N) is 4. The number of benzene rings is 3. The molecule has 0 unspecified atom stereocenters. The van der Waals surface area contributed by atoms with Crippen molar-refractivity contribution in [2.75, 3.05) is 0 Å². The van der Waals surface area contributed by atoms with Crippen molar-refractivity contribution in [1.29, 1.82) is 0 Å². The molecule has 0 spiro atoms. The van der Waals surface area contributed by atoms with Gasteiger partial charge >= 0.3 is 5.51 Å². The second-order valence-electron chi connectivity index (χ2n) is 10.1. The predicted molar refractivity (Wildman–Crippen MR) is 178 cm³/mol. The van der Waals surface area contributed by atoms with Gasteiger partial charge in [-0.05, 0) is 41.0 Å². The Hall–Kier alpha value is -5.15. The van der Waals surface area contributed by atoms with E-state index in [-0.39, 0.29) is 5.88 Å². The Labute approximate surface area is 269 Å². The van der Waals surface area contributed by atoms with Crippen LogP contribution in [0.5, 0.6) is 5.88 Å². The summed E-state index contributed by atoms with van der Waals surface area (Å²) in [4.78, 5) is 13.6. The summed E-state index contributed by atoms with van der Waals surface area (Å²) in [6.07, 6.45) is 5.03. The number of alkyl halides is 3. The minimum atomic E-state index is -4.56. The van der Waals surface area contributed by atoms with Gasteiger partial charge in [0.05, 0.1) is 11.2 Å². The smallest absolute Gasteiger partial charge is 0.397 e. The van der Waals surface area contributed by atoms with E-state index in [1.807, 2.05) is 92.8 Å². The Morgan fingerprint density at radius 1 is 0.674 bits per heavy atom. The van der Waals surface area contributed by atoms with Gasteiger partial charge in [0.1, 0.15) is 11.2 Å². The van der Waals surface area contributed by atoms with Gasteiger partial charge in [-0.15, -0.1) is 0 Å². The summed E-state index contributed by atoms with van der Waals surface area (Å²) in [6.45, 7) is 4.00. The van der Waals surface area contributed by atoms with Crippen molar-refractivity contribution in [3.05, 3.63) is 157 Å². The maximum atomic E-state index is 12.8. The van der Waals surface area contributed by atoms with E-state index in [0.717, 1.165) is 33.0 Å². The average molecular weight is 635 g/mol. The van der Waals surface area contributed by atoms with Crippen molar-refractivity contribution < 1.29 is 17.4 Å².